The maximum atomic E-state index is 12.0. The number of piperidine rings is 2. The van der Waals surface area contributed by atoms with Crippen LogP contribution in [0.5, 0.6) is 0 Å². The molecule has 0 saturated carbocycles. The van der Waals surface area contributed by atoms with Gasteiger partial charge in [-0.2, -0.15) is 10.2 Å². The summed E-state index contributed by atoms with van der Waals surface area (Å²) < 4.78 is 23.2. The van der Waals surface area contributed by atoms with Crippen LogP contribution >= 0.6 is 31.9 Å². The zero-order valence-electron chi connectivity index (χ0n) is 24.8. The first-order chi connectivity index (χ1) is 20.7. The van der Waals surface area contributed by atoms with Crippen LogP contribution in [0.2, 0.25) is 0 Å². The number of H-pyrrole nitrogens is 2. The van der Waals surface area contributed by atoms with Crippen LogP contribution < -0.4 is 10.6 Å². The number of hydrogen-bond donors (Lipinski definition) is 4. The maximum Gasteiger partial charge on any atom is 0.332 e. The number of nitrogens with one attached hydrogen (secondary N) is 4. The molecular formula is C27H41Br2N7O7. The molecule has 2 aliphatic heterocycles. The van der Waals surface area contributed by atoms with Gasteiger partial charge in [0.2, 0.25) is 0 Å². The van der Waals surface area contributed by atoms with E-state index in [-0.39, 0.29) is 25.2 Å². The number of aromatic amines is 2. The van der Waals surface area contributed by atoms with E-state index in [1.807, 2.05) is 19.1 Å². The topological polar surface area (TPSA) is 173 Å². The van der Waals surface area contributed by atoms with Crippen molar-refractivity contribution in [3.8, 4) is 0 Å². The second-order valence-corrected chi connectivity index (χ2v) is 11.7. The third-order valence-corrected chi connectivity index (χ3v) is 7.98. The molecule has 2 amide bonds. The normalized spacial score (nSPS) is 17.4. The van der Waals surface area contributed by atoms with Gasteiger partial charge in [-0.3, -0.25) is 10.2 Å². The predicted molar refractivity (Wildman–Crippen MR) is 163 cm³/mol. The molecule has 0 spiro atoms. The fraction of sp³-hybridized carbons (Fsp3) is 0.667. The molecule has 43 heavy (non-hydrogen) atoms. The molecule has 0 unspecified atom stereocenters. The first-order valence-electron chi connectivity index (χ1n) is 14.4. The van der Waals surface area contributed by atoms with Gasteiger partial charge in [0, 0.05) is 19.6 Å². The van der Waals surface area contributed by atoms with Gasteiger partial charge in [0.05, 0.1) is 24.6 Å². The van der Waals surface area contributed by atoms with E-state index in [4.69, 9.17) is 18.9 Å². The number of carbonyl (C=O) groups is 3. The van der Waals surface area contributed by atoms with Crippen molar-refractivity contribution in [2.45, 2.75) is 57.7 Å². The molecule has 14 nitrogen and oxygen atoms in total. The zero-order valence-corrected chi connectivity index (χ0v) is 28.0. The van der Waals surface area contributed by atoms with E-state index in [2.05, 4.69) is 62.9 Å². The summed E-state index contributed by atoms with van der Waals surface area (Å²) in [7, 11) is 0. The SMILES string of the molecule is CCNC(=O)N1CCC(OCC(=O)OCC)(c2cc(Br)[nH]n2)CC1.CCOC(=O)COC1(c2cc(Br)[nH]n2)CCNCC1. The lowest BCUT2D eigenvalue weighted by Gasteiger charge is -2.40. The highest BCUT2D eigenvalue weighted by molar-refractivity contribution is 9.10. The van der Waals surface area contributed by atoms with Crippen molar-refractivity contribution < 1.29 is 33.3 Å². The van der Waals surface area contributed by atoms with Crippen molar-refractivity contribution >= 4 is 49.8 Å². The summed E-state index contributed by atoms with van der Waals surface area (Å²) in [6, 6.07) is 3.66. The Hall–Kier alpha value is -2.53. The minimum Gasteiger partial charge on any atom is -0.464 e. The van der Waals surface area contributed by atoms with Gasteiger partial charge in [0.25, 0.3) is 0 Å². The first-order valence-corrected chi connectivity index (χ1v) is 16.0. The summed E-state index contributed by atoms with van der Waals surface area (Å²) in [4.78, 5) is 36.8. The number of rotatable bonds is 11. The Morgan fingerprint density at radius 3 is 1.70 bits per heavy atom. The summed E-state index contributed by atoms with van der Waals surface area (Å²) in [5.41, 5.74) is 0.318. The van der Waals surface area contributed by atoms with Gasteiger partial charge in [0.15, 0.2) is 0 Å². The van der Waals surface area contributed by atoms with Crippen molar-refractivity contribution in [2.24, 2.45) is 0 Å². The molecule has 0 radical (unpaired) electrons. The Morgan fingerprint density at radius 2 is 1.30 bits per heavy atom. The fourth-order valence-electron chi connectivity index (χ4n) is 4.98. The Balaban J connectivity index is 0.000000242. The Morgan fingerprint density at radius 1 is 0.837 bits per heavy atom. The second-order valence-electron chi connectivity index (χ2n) is 9.95. The second kappa shape index (κ2) is 17.1. The van der Waals surface area contributed by atoms with Crippen LogP contribution in [0.1, 0.15) is 57.8 Å². The van der Waals surface area contributed by atoms with Crippen molar-refractivity contribution in [3.05, 3.63) is 32.7 Å². The van der Waals surface area contributed by atoms with E-state index in [1.54, 1.807) is 18.7 Å². The Labute approximate surface area is 267 Å². The molecule has 4 N–H and O–H groups in total. The lowest BCUT2D eigenvalue weighted by molar-refractivity contribution is -0.160. The molecule has 4 heterocycles. The summed E-state index contributed by atoms with van der Waals surface area (Å²) in [5.74, 6) is -0.743. The van der Waals surface area contributed by atoms with Gasteiger partial charge >= 0.3 is 18.0 Å². The van der Waals surface area contributed by atoms with Gasteiger partial charge in [0.1, 0.15) is 33.6 Å². The Bertz CT molecular complexity index is 1180. The average Bonchev–Trinajstić information content (AvgIpc) is 3.65. The van der Waals surface area contributed by atoms with Crippen molar-refractivity contribution in [3.63, 3.8) is 0 Å². The highest BCUT2D eigenvalue weighted by Gasteiger charge is 2.41. The first kappa shape index (κ1) is 35.0. The van der Waals surface area contributed by atoms with Crippen molar-refractivity contribution in [2.75, 3.05) is 59.2 Å². The number of ether oxygens (including phenoxy) is 4. The van der Waals surface area contributed by atoms with Crippen LogP contribution in [-0.4, -0.2) is 102 Å². The van der Waals surface area contributed by atoms with Crippen LogP contribution in [-0.2, 0) is 39.7 Å². The minimum absolute atomic E-state index is 0.0433. The molecule has 240 valence electrons. The van der Waals surface area contributed by atoms with Crippen LogP contribution in [0.3, 0.4) is 0 Å². The standard InChI is InChI=1S/C15H23BrN4O4.C12H18BrN3O3/c1-3-17-14(22)20-7-5-15(6-8-20,11-9-12(16)19-18-11)24-10-13(21)23-4-2;1-2-18-11(17)8-19-12(3-5-14-6-4-12)9-7-10(13)16-15-9/h9H,3-8,10H2,1-2H3,(H,17,22)(H,18,19);7,14H,2-6,8H2,1H3,(H,15,16). The molecule has 2 aliphatic rings. The van der Waals surface area contributed by atoms with Crippen LogP contribution in [0, 0.1) is 0 Å². The Kier molecular flexibility index (Phi) is 13.9. The van der Waals surface area contributed by atoms with Gasteiger partial charge < -0.3 is 34.5 Å². The van der Waals surface area contributed by atoms with E-state index in [0.717, 1.165) is 40.8 Å². The molecule has 2 saturated heterocycles. The zero-order chi connectivity index (χ0) is 31.3. The van der Waals surface area contributed by atoms with E-state index < -0.39 is 17.2 Å². The smallest absolute Gasteiger partial charge is 0.332 e. The fourth-order valence-corrected chi connectivity index (χ4v) is 5.59. The third-order valence-electron chi connectivity index (χ3n) is 7.17. The van der Waals surface area contributed by atoms with Gasteiger partial charge in [-0.1, -0.05) is 0 Å². The number of likely N-dealkylation sites (tertiary alicyclic amines) is 1. The molecular weight excluding hydrogens is 694 g/mol. The van der Waals surface area contributed by atoms with E-state index >= 15 is 0 Å². The number of carbonyl (C=O) groups excluding carboxylic acids is 3. The number of amides is 2. The molecule has 0 bridgehead atoms. The van der Waals surface area contributed by atoms with Gasteiger partial charge in [-0.25, -0.2) is 14.4 Å². The van der Waals surface area contributed by atoms with Crippen LogP contribution in [0.4, 0.5) is 4.79 Å². The van der Waals surface area contributed by atoms with Crippen molar-refractivity contribution in [1.29, 1.82) is 0 Å². The lowest BCUT2D eigenvalue weighted by atomic mass is 9.88. The van der Waals surface area contributed by atoms with E-state index in [0.29, 0.717) is 51.4 Å². The predicted octanol–water partition coefficient (Wildman–Crippen LogP) is 3.10. The molecule has 0 aliphatic carbocycles. The molecule has 4 rings (SSSR count). The minimum atomic E-state index is -0.710. The highest BCUT2D eigenvalue weighted by Crippen LogP contribution is 2.37. The largest absolute Gasteiger partial charge is 0.464 e. The van der Waals surface area contributed by atoms with E-state index in [9.17, 15) is 14.4 Å². The molecule has 16 heteroatoms. The molecule has 2 aromatic rings. The van der Waals surface area contributed by atoms with Crippen LogP contribution in [0.25, 0.3) is 0 Å². The molecule has 2 fully saturated rings. The van der Waals surface area contributed by atoms with Crippen molar-refractivity contribution in [1.82, 2.24) is 35.9 Å². The monoisotopic (exact) mass is 733 g/mol. The highest BCUT2D eigenvalue weighted by atomic mass is 79.9. The summed E-state index contributed by atoms with van der Waals surface area (Å²) >= 11 is 6.69. The number of esters is 2. The maximum absolute atomic E-state index is 12.0. The number of urea groups is 1. The molecule has 2 aromatic heterocycles. The summed E-state index contributed by atoms with van der Waals surface area (Å²) in [6.07, 6.45) is 2.68. The van der Waals surface area contributed by atoms with Gasteiger partial charge in [-0.05, 0) is 104 Å². The van der Waals surface area contributed by atoms with Crippen LogP contribution in [0.15, 0.2) is 21.3 Å². The van der Waals surface area contributed by atoms with E-state index in [1.165, 1.54) is 0 Å². The number of aromatic nitrogens is 4. The lowest BCUT2D eigenvalue weighted by Crippen LogP contribution is -2.50. The summed E-state index contributed by atoms with van der Waals surface area (Å²) in [6.45, 7) is 9.24. The number of hydrogen-bond acceptors (Lipinski definition) is 10. The summed E-state index contributed by atoms with van der Waals surface area (Å²) in [5, 5.41) is 20.3. The van der Waals surface area contributed by atoms with Gasteiger partial charge in [-0.15, -0.1) is 0 Å². The number of halogens is 2. The molecule has 0 atom stereocenters. The quantitative estimate of drug-likeness (QED) is 0.252. The number of nitrogens with zero attached hydrogens (tertiary/aromatic N) is 3. The average molecular weight is 735 g/mol. The molecule has 0 aromatic carbocycles. The third kappa shape index (κ3) is 9.99.